The van der Waals surface area contributed by atoms with Gasteiger partial charge in [0.15, 0.2) is 0 Å². The lowest BCUT2D eigenvalue weighted by molar-refractivity contribution is 0.0704. The number of halogens is 1. The van der Waals surface area contributed by atoms with E-state index in [0.717, 1.165) is 44.8 Å². The Labute approximate surface area is 164 Å². The van der Waals surface area contributed by atoms with E-state index in [1.807, 2.05) is 4.90 Å². The first-order valence-electron chi connectivity index (χ1n) is 9.94. The molecule has 1 aromatic rings. The van der Waals surface area contributed by atoms with Crippen molar-refractivity contribution in [1.82, 2.24) is 9.80 Å². The average Bonchev–Trinajstić information content (AvgIpc) is 3.43. The number of thioether (sulfide) groups is 1. The van der Waals surface area contributed by atoms with Crippen LogP contribution in [-0.2, 0) is 0 Å². The van der Waals surface area contributed by atoms with E-state index in [2.05, 4.69) is 16.4 Å². The topological polar surface area (TPSA) is 32.8 Å². The van der Waals surface area contributed by atoms with Gasteiger partial charge in [-0.15, -0.1) is 11.8 Å². The molecule has 0 saturated carbocycles. The van der Waals surface area contributed by atoms with Crippen LogP contribution < -0.4 is 4.74 Å². The lowest BCUT2D eigenvalue weighted by Crippen LogP contribution is -2.42. The predicted octanol–water partition coefficient (Wildman–Crippen LogP) is 3.78. The molecule has 0 spiro atoms. The molecular formula is C21H27FN2O2S. The molecule has 1 aromatic carbocycles. The van der Waals surface area contributed by atoms with E-state index in [1.54, 1.807) is 23.9 Å². The predicted molar refractivity (Wildman–Crippen MR) is 107 cm³/mol. The fourth-order valence-electron chi connectivity index (χ4n) is 4.18. The zero-order valence-corrected chi connectivity index (χ0v) is 16.4. The second-order valence-electron chi connectivity index (χ2n) is 7.68. The summed E-state index contributed by atoms with van der Waals surface area (Å²) in [4.78, 5) is 17.2. The lowest BCUT2D eigenvalue weighted by Gasteiger charge is -2.28. The Hall–Kier alpha value is -1.53. The zero-order valence-electron chi connectivity index (χ0n) is 15.6. The van der Waals surface area contributed by atoms with Gasteiger partial charge in [0, 0.05) is 36.9 Å². The van der Waals surface area contributed by atoms with Crippen LogP contribution in [0.15, 0.2) is 29.7 Å². The third kappa shape index (κ3) is 4.49. The summed E-state index contributed by atoms with van der Waals surface area (Å²) >= 11 is 1.76. The van der Waals surface area contributed by atoms with Crippen molar-refractivity contribution in [3.05, 3.63) is 41.1 Å². The molecular weight excluding hydrogens is 363 g/mol. The summed E-state index contributed by atoms with van der Waals surface area (Å²) in [6, 6.07) is 4.85. The van der Waals surface area contributed by atoms with Crippen LogP contribution in [0.3, 0.4) is 0 Å². The molecule has 2 fully saturated rings. The first-order chi connectivity index (χ1) is 13.2. The maximum absolute atomic E-state index is 14.6. The van der Waals surface area contributed by atoms with Gasteiger partial charge in [-0.25, -0.2) is 4.39 Å². The molecule has 0 bridgehead atoms. The maximum Gasteiger partial charge on any atom is 0.257 e. The molecule has 3 heterocycles. The minimum atomic E-state index is -0.485. The Bertz CT molecular complexity index is 705. The Balaban J connectivity index is 1.39. The minimum absolute atomic E-state index is 0.159. The third-order valence-electron chi connectivity index (χ3n) is 5.70. The summed E-state index contributed by atoms with van der Waals surface area (Å²) in [6.45, 7) is 4.42. The van der Waals surface area contributed by atoms with Gasteiger partial charge in [0.05, 0.1) is 12.2 Å². The van der Waals surface area contributed by atoms with Gasteiger partial charge in [-0.3, -0.25) is 4.79 Å². The Kier molecular flexibility index (Phi) is 6.03. The molecule has 4 rings (SSSR count). The van der Waals surface area contributed by atoms with Crippen LogP contribution in [0.4, 0.5) is 4.39 Å². The van der Waals surface area contributed by atoms with Crippen molar-refractivity contribution in [3.8, 4) is 5.75 Å². The SMILES string of the molecule is O=C(c1ccc(OCC2C=CSC2)cc1F)N1CCCC1CN1CCCC1. The summed E-state index contributed by atoms with van der Waals surface area (Å²) in [7, 11) is 0. The van der Waals surface area contributed by atoms with Gasteiger partial charge in [-0.1, -0.05) is 6.08 Å². The van der Waals surface area contributed by atoms with Crippen LogP contribution in [0.25, 0.3) is 0 Å². The Morgan fingerprint density at radius 3 is 2.81 bits per heavy atom. The summed E-state index contributed by atoms with van der Waals surface area (Å²) in [5.74, 6) is 1.20. The van der Waals surface area contributed by atoms with Gasteiger partial charge in [-0.05, 0) is 56.3 Å². The minimum Gasteiger partial charge on any atom is -0.493 e. The first kappa shape index (κ1) is 18.8. The number of rotatable bonds is 6. The molecule has 27 heavy (non-hydrogen) atoms. The van der Waals surface area contributed by atoms with Crippen LogP contribution in [0.1, 0.15) is 36.0 Å². The van der Waals surface area contributed by atoms with Crippen LogP contribution in [0.2, 0.25) is 0 Å². The highest BCUT2D eigenvalue weighted by atomic mass is 32.2. The van der Waals surface area contributed by atoms with Crippen molar-refractivity contribution in [2.45, 2.75) is 31.7 Å². The second-order valence-corrected chi connectivity index (χ2v) is 8.62. The largest absolute Gasteiger partial charge is 0.493 e. The molecule has 3 aliphatic heterocycles. The molecule has 2 saturated heterocycles. The van der Waals surface area contributed by atoms with Crippen LogP contribution in [0, 0.1) is 11.7 Å². The summed E-state index contributed by atoms with van der Waals surface area (Å²) in [5, 5.41) is 2.07. The number of amides is 1. The number of benzene rings is 1. The monoisotopic (exact) mass is 390 g/mol. The number of carbonyl (C=O) groups excluding carboxylic acids is 1. The second kappa shape index (κ2) is 8.65. The van der Waals surface area contributed by atoms with Gasteiger partial charge in [0.2, 0.25) is 0 Å². The third-order valence-corrected chi connectivity index (χ3v) is 6.67. The smallest absolute Gasteiger partial charge is 0.257 e. The van der Waals surface area contributed by atoms with Gasteiger partial charge >= 0.3 is 0 Å². The quantitative estimate of drug-likeness (QED) is 0.740. The average molecular weight is 391 g/mol. The molecule has 3 aliphatic rings. The van der Waals surface area contributed by atoms with E-state index < -0.39 is 5.82 Å². The van der Waals surface area contributed by atoms with Gasteiger partial charge < -0.3 is 14.5 Å². The van der Waals surface area contributed by atoms with E-state index in [0.29, 0.717) is 18.3 Å². The standard InChI is InChI=1S/C21H27FN2O2S/c22-20-12-18(26-14-16-7-11-27-15-16)5-6-19(20)21(25)24-10-3-4-17(24)13-23-8-1-2-9-23/h5-7,11-12,16-17H,1-4,8-10,13-15H2. The molecule has 0 N–H and O–H groups in total. The fraction of sp³-hybridized carbons (Fsp3) is 0.571. The molecule has 4 nitrogen and oxygen atoms in total. The lowest BCUT2D eigenvalue weighted by atomic mass is 10.1. The van der Waals surface area contributed by atoms with E-state index in [-0.39, 0.29) is 17.5 Å². The zero-order chi connectivity index (χ0) is 18.6. The number of nitrogens with zero attached hydrogens (tertiary/aromatic N) is 2. The summed E-state index contributed by atoms with van der Waals surface area (Å²) < 4.78 is 20.3. The highest BCUT2D eigenvalue weighted by Crippen LogP contribution is 2.26. The van der Waals surface area contributed by atoms with E-state index in [9.17, 15) is 9.18 Å². The molecule has 0 aliphatic carbocycles. The first-order valence-corrected chi connectivity index (χ1v) is 11.0. The maximum atomic E-state index is 14.6. The fourth-order valence-corrected chi connectivity index (χ4v) is 5.08. The number of carbonyl (C=O) groups is 1. The highest BCUT2D eigenvalue weighted by Gasteiger charge is 2.32. The number of hydrogen-bond donors (Lipinski definition) is 0. The molecule has 2 unspecified atom stereocenters. The Morgan fingerprint density at radius 2 is 2.07 bits per heavy atom. The molecule has 146 valence electrons. The van der Waals surface area contributed by atoms with E-state index in [1.165, 1.54) is 18.9 Å². The van der Waals surface area contributed by atoms with E-state index >= 15 is 0 Å². The van der Waals surface area contributed by atoms with Crippen LogP contribution in [0.5, 0.6) is 5.75 Å². The van der Waals surface area contributed by atoms with Crippen molar-refractivity contribution in [1.29, 1.82) is 0 Å². The van der Waals surface area contributed by atoms with Crippen molar-refractivity contribution >= 4 is 17.7 Å². The highest BCUT2D eigenvalue weighted by molar-refractivity contribution is 8.02. The molecule has 1 amide bonds. The number of hydrogen-bond acceptors (Lipinski definition) is 4. The van der Waals surface area contributed by atoms with Crippen molar-refractivity contribution in [3.63, 3.8) is 0 Å². The molecule has 6 heteroatoms. The van der Waals surface area contributed by atoms with E-state index in [4.69, 9.17) is 4.74 Å². The molecule has 0 aromatic heterocycles. The van der Waals surface area contributed by atoms with Gasteiger partial charge in [-0.2, -0.15) is 0 Å². The van der Waals surface area contributed by atoms with Crippen LogP contribution >= 0.6 is 11.8 Å². The van der Waals surface area contributed by atoms with Crippen LogP contribution in [-0.4, -0.2) is 60.3 Å². The number of ether oxygens (including phenoxy) is 1. The summed E-state index contributed by atoms with van der Waals surface area (Å²) in [6.07, 6.45) is 6.61. The normalized spacial score (nSPS) is 25.4. The Morgan fingerprint density at radius 1 is 1.22 bits per heavy atom. The molecule has 0 radical (unpaired) electrons. The number of likely N-dealkylation sites (tertiary alicyclic amines) is 2. The summed E-state index contributed by atoms with van der Waals surface area (Å²) in [5.41, 5.74) is 0.159. The van der Waals surface area contributed by atoms with Crippen molar-refractivity contribution in [2.75, 3.05) is 38.5 Å². The molecule has 2 atom stereocenters. The van der Waals surface area contributed by atoms with Gasteiger partial charge in [0.1, 0.15) is 11.6 Å². The van der Waals surface area contributed by atoms with Crippen molar-refractivity contribution in [2.24, 2.45) is 5.92 Å². The van der Waals surface area contributed by atoms with Gasteiger partial charge in [0.25, 0.3) is 5.91 Å². The van der Waals surface area contributed by atoms with Crippen molar-refractivity contribution < 1.29 is 13.9 Å².